The van der Waals surface area contributed by atoms with Crippen LogP contribution in [0.3, 0.4) is 0 Å². The highest BCUT2D eigenvalue weighted by Gasteiger charge is 2.11. The maximum atomic E-state index is 12.4. The second-order valence-corrected chi connectivity index (χ2v) is 6.32. The molecule has 0 bridgehead atoms. The maximum Gasteiger partial charge on any atom is 0.271 e. The van der Waals surface area contributed by atoms with E-state index in [0.29, 0.717) is 16.9 Å². The van der Waals surface area contributed by atoms with E-state index in [2.05, 4.69) is 20.9 Å². The Kier molecular flexibility index (Phi) is 3.35. The van der Waals surface area contributed by atoms with Crippen molar-refractivity contribution in [1.82, 2.24) is 9.55 Å². The predicted octanol–water partition coefficient (Wildman–Crippen LogP) is 3.16. The summed E-state index contributed by atoms with van der Waals surface area (Å²) in [5, 5.41) is 1.95. The van der Waals surface area contributed by atoms with Crippen LogP contribution in [0.1, 0.15) is 11.1 Å². The number of benzene rings is 1. The zero-order valence-electron chi connectivity index (χ0n) is 10.8. The minimum atomic E-state index is -0.0248. The lowest BCUT2D eigenvalue weighted by Crippen LogP contribution is -2.21. The molecule has 0 radical (unpaired) electrons. The molecule has 0 aliphatic carbocycles. The second-order valence-electron chi connectivity index (χ2n) is 4.58. The van der Waals surface area contributed by atoms with E-state index in [4.69, 9.17) is 5.73 Å². The molecule has 3 aromatic rings. The van der Waals surface area contributed by atoms with Gasteiger partial charge in [-0.25, -0.2) is 4.98 Å². The first-order valence-corrected chi connectivity index (χ1v) is 7.71. The van der Waals surface area contributed by atoms with Gasteiger partial charge in [0.2, 0.25) is 0 Å². The molecule has 0 saturated carbocycles. The lowest BCUT2D eigenvalue weighted by atomic mass is 10.2. The van der Waals surface area contributed by atoms with Crippen molar-refractivity contribution in [3.63, 3.8) is 0 Å². The number of aryl methyl sites for hydroxylation is 1. The average Bonchev–Trinajstić information content (AvgIpc) is 2.79. The van der Waals surface area contributed by atoms with Gasteiger partial charge in [0.1, 0.15) is 4.70 Å². The van der Waals surface area contributed by atoms with Gasteiger partial charge in [0, 0.05) is 15.7 Å². The van der Waals surface area contributed by atoms with E-state index in [1.807, 2.05) is 30.5 Å². The highest BCUT2D eigenvalue weighted by atomic mass is 79.9. The van der Waals surface area contributed by atoms with Crippen LogP contribution in [0.4, 0.5) is 5.69 Å². The average molecular weight is 350 g/mol. The molecular formula is C14H12BrN3OS. The Balaban J connectivity index is 2.12. The topological polar surface area (TPSA) is 60.9 Å². The van der Waals surface area contributed by atoms with Crippen molar-refractivity contribution in [2.24, 2.45) is 0 Å². The number of hydrogen-bond donors (Lipinski definition) is 1. The molecule has 1 aromatic carbocycles. The number of anilines is 1. The molecule has 0 spiro atoms. The third-order valence-electron chi connectivity index (χ3n) is 3.21. The molecule has 0 unspecified atom stereocenters. The molecule has 2 aromatic heterocycles. The summed E-state index contributed by atoms with van der Waals surface area (Å²) < 4.78 is 3.18. The fourth-order valence-electron chi connectivity index (χ4n) is 2.09. The summed E-state index contributed by atoms with van der Waals surface area (Å²) in [6.07, 6.45) is 1.59. The Hall–Kier alpha value is -1.66. The van der Waals surface area contributed by atoms with Crippen LogP contribution < -0.4 is 11.3 Å². The quantitative estimate of drug-likeness (QED) is 0.723. The standard InChI is InChI=1S/C14H12BrN3OS/c1-8-6-20-13-12(8)17-7-18(14(13)19)5-9-10(15)3-2-4-11(9)16/h2-4,6-7H,5,16H2,1H3. The summed E-state index contributed by atoms with van der Waals surface area (Å²) in [4.78, 5) is 16.8. The van der Waals surface area contributed by atoms with Crippen LogP contribution in [0.25, 0.3) is 10.2 Å². The van der Waals surface area contributed by atoms with Crippen LogP contribution in [0.5, 0.6) is 0 Å². The van der Waals surface area contributed by atoms with Crippen molar-refractivity contribution in [2.45, 2.75) is 13.5 Å². The number of hydrogen-bond acceptors (Lipinski definition) is 4. The van der Waals surface area contributed by atoms with E-state index in [1.54, 1.807) is 10.9 Å². The van der Waals surface area contributed by atoms with E-state index in [0.717, 1.165) is 21.1 Å². The molecule has 0 atom stereocenters. The Morgan fingerprint density at radius 2 is 2.25 bits per heavy atom. The van der Waals surface area contributed by atoms with Gasteiger partial charge in [0.15, 0.2) is 0 Å². The first kappa shape index (κ1) is 13.3. The molecule has 0 aliphatic rings. The largest absolute Gasteiger partial charge is 0.398 e. The molecular weight excluding hydrogens is 338 g/mol. The van der Waals surface area contributed by atoms with Crippen molar-refractivity contribution in [3.8, 4) is 0 Å². The fourth-order valence-corrected chi connectivity index (χ4v) is 3.54. The first-order chi connectivity index (χ1) is 9.58. The lowest BCUT2D eigenvalue weighted by Gasteiger charge is -2.10. The number of halogens is 1. The zero-order valence-corrected chi connectivity index (χ0v) is 13.2. The first-order valence-electron chi connectivity index (χ1n) is 6.04. The Morgan fingerprint density at radius 3 is 3.00 bits per heavy atom. The van der Waals surface area contributed by atoms with E-state index < -0.39 is 0 Å². The number of nitrogens with zero attached hydrogens (tertiary/aromatic N) is 2. The SMILES string of the molecule is Cc1csc2c(=O)n(Cc3c(N)cccc3Br)cnc12. The summed E-state index contributed by atoms with van der Waals surface area (Å²) in [5.41, 5.74) is 9.33. The highest BCUT2D eigenvalue weighted by Crippen LogP contribution is 2.24. The van der Waals surface area contributed by atoms with E-state index in [9.17, 15) is 4.79 Å². The zero-order chi connectivity index (χ0) is 14.3. The summed E-state index contributed by atoms with van der Waals surface area (Å²) in [6.45, 7) is 2.37. The predicted molar refractivity (Wildman–Crippen MR) is 86.3 cm³/mol. The van der Waals surface area contributed by atoms with Crippen LogP contribution in [-0.2, 0) is 6.54 Å². The van der Waals surface area contributed by atoms with Crippen LogP contribution in [-0.4, -0.2) is 9.55 Å². The molecule has 3 rings (SSSR count). The summed E-state index contributed by atoms with van der Waals surface area (Å²) >= 11 is 4.90. The molecule has 102 valence electrons. The molecule has 4 nitrogen and oxygen atoms in total. The molecule has 0 amide bonds. The van der Waals surface area contributed by atoms with Crippen molar-refractivity contribution < 1.29 is 0 Å². The third kappa shape index (κ3) is 2.14. The normalized spacial score (nSPS) is 11.1. The molecule has 0 fully saturated rings. The lowest BCUT2D eigenvalue weighted by molar-refractivity contribution is 0.749. The number of nitrogen functional groups attached to an aromatic ring is 1. The van der Waals surface area contributed by atoms with E-state index >= 15 is 0 Å². The van der Waals surface area contributed by atoms with Crippen LogP contribution in [0.2, 0.25) is 0 Å². The highest BCUT2D eigenvalue weighted by molar-refractivity contribution is 9.10. The molecule has 0 aliphatic heterocycles. The Labute approximate surface area is 128 Å². The van der Waals surface area contributed by atoms with Gasteiger partial charge >= 0.3 is 0 Å². The van der Waals surface area contributed by atoms with E-state index in [-0.39, 0.29) is 5.56 Å². The van der Waals surface area contributed by atoms with Gasteiger partial charge in [-0.3, -0.25) is 9.36 Å². The minimum absolute atomic E-state index is 0.0248. The van der Waals surface area contributed by atoms with Gasteiger partial charge < -0.3 is 5.73 Å². The number of aromatic nitrogens is 2. The van der Waals surface area contributed by atoms with Gasteiger partial charge in [-0.1, -0.05) is 22.0 Å². The van der Waals surface area contributed by atoms with Gasteiger partial charge in [-0.2, -0.15) is 0 Å². The van der Waals surface area contributed by atoms with Gasteiger partial charge in [0.25, 0.3) is 5.56 Å². The molecule has 6 heteroatoms. The van der Waals surface area contributed by atoms with Crippen molar-refractivity contribution in [1.29, 1.82) is 0 Å². The van der Waals surface area contributed by atoms with Gasteiger partial charge in [-0.15, -0.1) is 11.3 Å². The van der Waals surface area contributed by atoms with Gasteiger partial charge in [0.05, 0.1) is 18.4 Å². The van der Waals surface area contributed by atoms with Crippen LogP contribution in [0.15, 0.2) is 39.2 Å². The van der Waals surface area contributed by atoms with Crippen molar-refractivity contribution >= 4 is 43.2 Å². The molecule has 2 N–H and O–H groups in total. The number of fused-ring (bicyclic) bond motifs is 1. The van der Waals surface area contributed by atoms with E-state index in [1.165, 1.54) is 11.3 Å². The number of rotatable bonds is 2. The van der Waals surface area contributed by atoms with Crippen LogP contribution in [0, 0.1) is 6.92 Å². The second kappa shape index (κ2) is 5.03. The number of nitrogens with two attached hydrogens (primary N) is 1. The minimum Gasteiger partial charge on any atom is -0.398 e. The fraction of sp³-hybridized carbons (Fsp3) is 0.143. The molecule has 0 saturated heterocycles. The molecule has 20 heavy (non-hydrogen) atoms. The monoisotopic (exact) mass is 349 g/mol. The maximum absolute atomic E-state index is 12.4. The summed E-state index contributed by atoms with van der Waals surface area (Å²) in [5.74, 6) is 0. The van der Waals surface area contributed by atoms with Crippen molar-refractivity contribution in [2.75, 3.05) is 5.73 Å². The van der Waals surface area contributed by atoms with Crippen LogP contribution >= 0.6 is 27.3 Å². The summed E-state index contributed by atoms with van der Waals surface area (Å²) in [6, 6.07) is 5.61. The number of thiophene rings is 1. The van der Waals surface area contributed by atoms with Gasteiger partial charge in [-0.05, 0) is 30.0 Å². The Morgan fingerprint density at radius 1 is 1.45 bits per heavy atom. The summed E-state index contributed by atoms with van der Waals surface area (Å²) in [7, 11) is 0. The van der Waals surface area contributed by atoms with Crippen molar-refractivity contribution in [3.05, 3.63) is 55.9 Å². The Bertz CT molecular complexity index is 833. The smallest absolute Gasteiger partial charge is 0.271 e. The third-order valence-corrected chi connectivity index (χ3v) is 5.03. The molecule has 2 heterocycles.